The summed E-state index contributed by atoms with van der Waals surface area (Å²) in [6.07, 6.45) is 1.99. The predicted molar refractivity (Wildman–Crippen MR) is 84.7 cm³/mol. The molecular formula is C18H21NO3. The van der Waals surface area contributed by atoms with E-state index < -0.39 is 0 Å². The Morgan fingerprint density at radius 3 is 2.50 bits per heavy atom. The fourth-order valence-corrected chi connectivity index (χ4v) is 2.74. The van der Waals surface area contributed by atoms with Gasteiger partial charge in [-0.25, -0.2) is 0 Å². The highest BCUT2D eigenvalue weighted by molar-refractivity contribution is 5.92. The van der Waals surface area contributed by atoms with Crippen LogP contribution in [0.2, 0.25) is 0 Å². The summed E-state index contributed by atoms with van der Waals surface area (Å²) >= 11 is 0. The van der Waals surface area contributed by atoms with Gasteiger partial charge in [0.2, 0.25) is 0 Å². The summed E-state index contributed by atoms with van der Waals surface area (Å²) in [4.78, 5) is 14.1. The first-order valence-electron chi connectivity index (χ1n) is 7.84. The Kier molecular flexibility index (Phi) is 4.29. The van der Waals surface area contributed by atoms with Crippen LogP contribution in [0, 0.1) is 0 Å². The molecule has 0 spiro atoms. The van der Waals surface area contributed by atoms with Crippen LogP contribution < -0.4 is 0 Å². The van der Waals surface area contributed by atoms with Gasteiger partial charge >= 0.3 is 0 Å². The summed E-state index contributed by atoms with van der Waals surface area (Å²) in [7, 11) is 0. The van der Waals surface area contributed by atoms with Gasteiger partial charge in [0.05, 0.1) is 6.10 Å². The number of rotatable bonds is 3. The van der Waals surface area contributed by atoms with Gasteiger partial charge in [-0.15, -0.1) is 0 Å². The van der Waals surface area contributed by atoms with Crippen LogP contribution >= 0.6 is 0 Å². The molecule has 0 bridgehead atoms. The molecule has 1 amide bonds. The smallest absolute Gasteiger partial charge is 0.289 e. The van der Waals surface area contributed by atoms with E-state index in [1.54, 1.807) is 11.0 Å². The number of carbonyl (C=O) groups is 1. The highest BCUT2D eigenvalue weighted by atomic mass is 16.4. The number of carbonyl (C=O) groups excluding carboxylic acids is 1. The van der Waals surface area contributed by atoms with Crippen molar-refractivity contribution in [1.29, 1.82) is 0 Å². The van der Waals surface area contributed by atoms with Gasteiger partial charge in [-0.1, -0.05) is 31.2 Å². The lowest BCUT2D eigenvalue weighted by Gasteiger charge is -2.28. The number of likely N-dealkylation sites (tertiary alicyclic amines) is 1. The standard InChI is InChI=1S/C18H21NO3/c1-2-13-3-5-14(6-4-13)16-7-8-17(22-16)18(21)19-11-9-15(20)10-12-19/h3-8,15,20H,2,9-12H2,1H3. The van der Waals surface area contributed by atoms with E-state index in [-0.39, 0.29) is 12.0 Å². The Labute approximate surface area is 130 Å². The average Bonchev–Trinajstić information content (AvgIpc) is 3.05. The first-order valence-corrected chi connectivity index (χ1v) is 7.84. The van der Waals surface area contributed by atoms with Gasteiger partial charge < -0.3 is 14.4 Å². The molecule has 116 valence electrons. The summed E-state index contributed by atoms with van der Waals surface area (Å²) in [5.74, 6) is 0.984. The third-order valence-electron chi connectivity index (χ3n) is 4.22. The van der Waals surface area contributed by atoms with E-state index in [0.29, 0.717) is 37.5 Å². The Bertz CT molecular complexity index is 637. The molecule has 0 radical (unpaired) electrons. The number of hydrogen-bond donors (Lipinski definition) is 1. The van der Waals surface area contributed by atoms with Gasteiger partial charge in [0, 0.05) is 18.7 Å². The molecule has 1 aromatic heterocycles. The van der Waals surface area contributed by atoms with Crippen molar-refractivity contribution < 1.29 is 14.3 Å². The molecule has 2 heterocycles. The van der Waals surface area contributed by atoms with Gasteiger partial charge in [-0.3, -0.25) is 4.79 Å². The van der Waals surface area contributed by atoms with Crippen molar-refractivity contribution in [2.24, 2.45) is 0 Å². The monoisotopic (exact) mass is 299 g/mol. The molecule has 0 aliphatic carbocycles. The molecule has 1 aromatic carbocycles. The highest BCUT2D eigenvalue weighted by Gasteiger charge is 2.24. The quantitative estimate of drug-likeness (QED) is 0.947. The second-order valence-electron chi connectivity index (χ2n) is 5.74. The summed E-state index contributed by atoms with van der Waals surface area (Å²) in [6, 6.07) is 11.8. The number of nitrogens with zero attached hydrogens (tertiary/aromatic N) is 1. The van der Waals surface area contributed by atoms with Crippen LogP contribution in [-0.4, -0.2) is 35.1 Å². The summed E-state index contributed by atoms with van der Waals surface area (Å²) < 4.78 is 5.73. The third-order valence-corrected chi connectivity index (χ3v) is 4.22. The van der Waals surface area contributed by atoms with E-state index in [0.717, 1.165) is 12.0 Å². The summed E-state index contributed by atoms with van der Waals surface area (Å²) in [5, 5.41) is 9.51. The first kappa shape index (κ1) is 14.9. The van der Waals surface area contributed by atoms with Crippen LogP contribution in [0.4, 0.5) is 0 Å². The minimum atomic E-state index is -0.284. The maximum absolute atomic E-state index is 12.4. The number of amides is 1. The lowest BCUT2D eigenvalue weighted by molar-refractivity contribution is 0.0520. The Balaban J connectivity index is 1.73. The van der Waals surface area contributed by atoms with Gasteiger partial charge in [0.15, 0.2) is 5.76 Å². The van der Waals surface area contributed by atoms with Crippen molar-refractivity contribution in [3.8, 4) is 11.3 Å². The molecule has 1 N–H and O–H groups in total. The predicted octanol–water partition coefficient (Wildman–Crippen LogP) is 3.11. The van der Waals surface area contributed by atoms with E-state index in [2.05, 4.69) is 19.1 Å². The van der Waals surface area contributed by atoms with E-state index in [1.807, 2.05) is 18.2 Å². The lowest BCUT2D eigenvalue weighted by Crippen LogP contribution is -2.39. The van der Waals surface area contributed by atoms with Crippen molar-refractivity contribution in [1.82, 2.24) is 4.90 Å². The first-order chi connectivity index (χ1) is 10.7. The topological polar surface area (TPSA) is 53.7 Å². The van der Waals surface area contributed by atoms with E-state index in [4.69, 9.17) is 4.42 Å². The number of aryl methyl sites for hydroxylation is 1. The van der Waals surface area contributed by atoms with E-state index >= 15 is 0 Å². The fraction of sp³-hybridized carbons (Fsp3) is 0.389. The molecule has 0 saturated carbocycles. The minimum Gasteiger partial charge on any atom is -0.451 e. The molecule has 2 aromatic rings. The number of piperidine rings is 1. The van der Waals surface area contributed by atoms with Crippen molar-refractivity contribution in [2.75, 3.05) is 13.1 Å². The van der Waals surface area contributed by atoms with Gasteiger partial charge in [0.1, 0.15) is 5.76 Å². The van der Waals surface area contributed by atoms with Crippen LogP contribution in [0.3, 0.4) is 0 Å². The average molecular weight is 299 g/mol. The number of benzene rings is 1. The molecule has 0 atom stereocenters. The number of furan rings is 1. The maximum atomic E-state index is 12.4. The molecule has 4 nitrogen and oxygen atoms in total. The van der Waals surface area contributed by atoms with Crippen molar-refractivity contribution in [3.63, 3.8) is 0 Å². The highest BCUT2D eigenvalue weighted by Crippen LogP contribution is 2.24. The Morgan fingerprint density at radius 1 is 1.18 bits per heavy atom. The molecule has 3 rings (SSSR count). The largest absolute Gasteiger partial charge is 0.451 e. The molecule has 22 heavy (non-hydrogen) atoms. The maximum Gasteiger partial charge on any atom is 0.289 e. The molecule has 1 aliphatic heterocycles. The number of aliphatic hydroxyl groups is 1. The van der Waals surface area contributed by atoms with Crippen LogP contribution in [0.5, 0.6) is 0 Å². The molecule has 1 saturated heterocycles. The Hall–Kier alpha value is -2.07. The second kappa shape index (κ2) is 6.36. The molecule has 4 heteroatoms. The number of hydrogen-bond acceptors (Lipinski definition) is 3. The van der Waals surface area contributed by atoms with Crippen LogP contribution in [0.15, 0.2) is 40.8 Å². The van der Waals surface area contributed by atoms with Crippen LogP contribution in [0.25, 0.3) is 11.3 Å². The zero-order chi connectivity index (χ0) is 15.5. The van der Waals surface area contributed by atoms with Crippen molar-refractivity contribution >= 4 is 5.91 Å². The van der Waals surface area contributed by atoms with Crippen LogP contribution in [0.1, 0.15) is 35.9 Å². The molecule has 0 unspecified atom stereocenters. The SMILES string of the molecule is CCc1ccc(-c2ccc(C(=O)N3CCC(O)CC3)o2)cc1. The fourth-order valence-electron chi connectivity index (χ4n) is 2.74. The van der Waals surface area contributed by atoms with Gasteiger partial charge in [-0.05, 0) is 37.0 Å². The molecule has 1 aliphatic rings. The van der Waals surface area contributed by atoms with E-state index in [1.165, 1.54) is 5.56 Å². The number of aliphatic hydroxyl groups excluding tert-OH is 1. The van der Waals surface area contributed by atoms with Crippen LogP contribution in [-0.2, 0) is 6.42 Å². The molecular weight excluding hydrogens is 278 g/mol. The Morgan fingerprint density at radius 2 is 1.86 bits per heavy atom. The van der Waals surface area contributed by atoms with Crippen molar-refractivity contribution in [3.05, 3.63) is 47.7 Å². The van der Waals surface area contributed by atoms with Crippen molar-refractivity contribution in [2.45, 2.75) is 32.3 Å². The zero-order valence-corrected chi connectivity index (χ0v) is 12.8. The normalized spacial score (nSPS) is 16.0. The second-order valence-corrected chi connectivity index (χ2v) is 5.74. The summed E-state index contributed by atoms with van der Waals surface area (Å²) in [5.41, 5.74) is 2.25. The lowest BCUT2D eigenvalue weighted by atomic mass is 10.1. The third kappa shape index (κ3) is 3.07. The summed E-state index contributed by atoms with van der Waals surface area (Å²) in [6.45, 7) is 3.29. The minimum absolute atomic E-state index is 0.0941. The van der Waals surface area contributed by atoms with E-state index in [9.17, 15) is 9.90 Å². The van der Waals surface area contributed by atoms with Gasteiger partial charge in [0.25, 0.3) is 5.91 Å². The van der Waals surface area contributed by atoms with Gasteiger partial charge in [-0.2, -0.15) is 0 Å². The zero-order valence-electron chi connectivity index (χ0n) is 12.8. The molecule has 1 fully saturated rings.